The molecule has 1 rings (SSSR count). The molecule has 1 heterocycles. The van der Waals surface area contributed by atoms with Gasteiger partial charge >= 0.3 is 0 Å². The van der Waals surface area contributed by atoms with Crippen molar-refractivity contribution in [3.8, 4) is 0 Å². The van der Waals surface area contributed by atoms with E-state index in [2.05, 4.69) is 5.32 Å². The van der Waals surface area contributed by atoms with Gasteiger partial charge in [0.25, 0.3) is 0 Å². The predicted octanol–water partition coefficient (Wildman–Crippen LogP) is -0.0397. The number of anilines is 1. The maximum absolute atomic E-state index is 8.43. The fraction of sp³-hybridized carbons (Fsp3) is 0.556. The molecule has 0 spiro atoms. The third-order valence-electron chi connectivity index (χ3n) is 1.64. The molecule has 5 heteroatoms. The van der Waals surface area contributed by atoms with Crippen LogP contribution in [-0.2, 0) is 11.3 Å². The summed E-state index contributed by atoms with van der Waals surface area (Å²) in [5.41, 5.74) is 5.40. The molecule has 0 bridgehead atoms. The summed E-state index contributed by atoms with van der Waals surface area (Å²) in [6.45, 7) is 2.39. The van der Waals surface area contributed by atoms with Gasteiger partial charge in [0.05, 0.1) is 26.4 Å². The molecule has 0 aliphatic rings. The Hall–Kier alpha value is -1.04. The molecular formula is C9H16N2O3. The molecule has 0 saturated heterocycles. The van der Waals surface area contributed by atoms with Crippen molar-refractivity contribution in [2.24, 2.45) is 0 Å². The summed E-state index contributed by atoms with van der Waals surface area (Å²) in [6.07, 6.45) is 0. The highest BCUT2D eigenvalue weighted by Gasteiger charge is 1.97. The Morgan fingerprint density at radius 3 is 2.93 bits per heavy atom. The lowest BCUT2D eigenvalue weighted by atomic mass is 10.4. The molecule has 0 radical (unpaired) electrons. The molecule has 0 aromatic carbocycles. The van der Waals surface area contributed by atoms with Gasteiger partial charge in [-0.05, 0) is 6.07 Å². The van der Waals surface area contributed by atoms with Gasteiger partial charge in [0, 0.05) is 12.6 Å². The Morgan fingerprint density at radius 1 is 1.43 bits per heavy atom. The predicted molar refractivity (Wildman–Crippen MR) is 52.7 cm³/mol. The van der Waals surface area contributed by atoms with E-state index in [0.717, 1.165) is 12.3 Å². The number of nitrogens with two attached hydrogens (primary N) is 1. The third-order valence-corrected chi connectivity index (χ3v) is 1.64. The molecule has 1 aromatic heterocycles. The second-order valence-corrected chi connectivity index (χ2v) is 2.82. The average molecular weight is 200 g/mol. The van der Waals surface area contributed by atoms with Crippen LogP contribution >= 0.6 is 0 Å². The van der Waals surface area contributed by atoms with Crippen molar-refractivity contribution in [1.82, 2.24) is 5.32 Å². The van der Waals surface area contributed by atoms with Crippen LogP contribution in [0.1, 0.15) is 5.76 Å². The average Bonchev–Trinajstić information content (AvgIpc) is 2.58. The van der Waals surface area contributed by atoms with Gasteiger partial charge in [-0.15, -0.1) is 0 Å². The van der Waals surface area contributed by atoms with E-state index in [4.69, 9.17) is 20.0 Å². The zero-order chi connectivity index (χ0) is 10.2. The first-order valence-corrected chi connectivity index (χ1v) is 4.56. The van der Waals surface area contributed by atoms with Gasteiger partial charge in [-0.25, -0.2) is 0 Å². The van der Waals surface area contributed by atoms with Crippen LogP contribution in [0, 0.1) is 0 Å². The van der Waals surface area contributed by atoms with Crippen molar-refractivity contribution < 1.29 is 14.3 Å². The number of hydrogen-bond acceptors (Lipinski definition) is 5. The number of furan rings is 1. The van der Waals surface area contributed by atoms with E-state index in [1.807, 2.05) is 6.07 Å². The molecule has 0 amide bonds. The van der Waals surface area contributed by atoms with Crippen molar-refractivity contribution in [2.45, 2.75) is 6.54 Å². The van der Waals surface area contributed by atoms with Crippen LogP contribution in [0.2, 0.25) is 0 Å². The highest BCUT2D eigenvalue weighted by atomic mass is 16.5. The smallest absolute Gasteiger partial charge is 0.190 e. The summed E-state index contributed by atoms with van der Waals surface area (Å²) in [6, 6.07) is 3.55. The van der Waals surface area contributed by atoms with Crippen molar-refractivity contribution in [3.63, 3.8) is 0 Å². The quantitative estimate of drug-likeness (QED) is 0.538. The molecule has 0 unspecified atom stereocenters. The van der Waals surface area contributed by atoms with Crippen LogP contribution in [0.5, 0.6) is 0 Å². The van der Waals surface area contributed by atoms with E-state index < -0.39 is 0 Å². The fourth-order valence-electron chi connectivity index (χ4n) is 1.01. The van der Waals surface area contributed by atoms with Crippen LogP contribution in [0.4, 0.5) is 5.88 Å². The van der Waals surface area contributed by atoms with Crippen molar-refractivity contribution in [3.05, 3.63) is 17.9 Å². The first-order valence-electron chi connectivity index (χ1n) is 4.56. The van der Waals surface area contributed by atoms with Crippen molar-refractivity contribution in [1.29, 1.82) is 0 Å². The summed E-state index contributed by atoms with van der Waals surface area (Å²) in [4.78, 5) is 0. The summed E-state index contributed by atoms with van der Waals surface area (Å²) in [7, 11) is 0. The second-order valence-electron chi connectivity index (χ2n) is 2.82. The monoisotopic (exact) mass is 200 g/mol. The molecule has 0 aliphatic heterocycles. The maximum Gasteiger partial charge on any atom is 0.190 e. The number of nitrogen functional groups attached to an aromatic ring is 1. The molecule has 0 aliphatic carbocycles. The molecule has 0 fully saturated rings. The molecule has 4 N–H and O–H groups in total. The van der Waals surface area contributed by atoms with Crippen molar-refractivity contribution >= 4 is 5.88 Å². The van der Waals surface area contributed by atoms with E-state index in [-0.39, 0.29) is 6.61 Å². The van der Waals surface area contributed by atoms with Gasteiger partial charge in [0.15, 0.2) is 5.88 Å². The van der Waals surface area contributed by atoms with Crippen LogP contribution in [0.15, 0.2) is 16.5 Å². The molecule has 0 saturated carbocycles. The number of hydrogen-bond donors (Lipinski definition) is 3. The zero-order valence-electron chi connectivity index (χ0n) is 8.03. The Labute approximate surface area is 82.8 Å². The minimum Gasteiger partial charge on any atom is -0.445 e. The number of rotatable bonds is 7. The Bertz CT molecular complexity index is 250. The van der Waals surface area contributed by atoms with Gasteiger partial charge in [-0.2, -0.15) is 0 Å². The summed E-state index contributed by atoms with van der Waals surface area (Å²) < 4.78 is 10.2. The highest BCUT2D eigenvalue weighted by Crippen LogP contribution is 2.07. The molecule has 0 atom stereocenters. The zero-order valence-corrected chi connectivity index (χ0v) is 8.03. The third kappa shape index (κ3) is 4.27. The first-order chi connectivity index (χ1) is 6.83. The largest absolute Gasteiger partial charge is 0.445 e. The van der Waals surface area contributed by atoms with Gasteiger partial charge in [-0.3, -0.25) is 0 Å². The van der Waals surface area contributed by atoms with Crippen LogP contribution < -0.4 is 11.1 Å². The Kier molecular flexibility index (Phi) is 5.06. The number of aliphatic hydroxyl groups excluding tert-OH is 1. The SMILES string of the molecule is Nc1ccc(CNCCOCCO)o1. The number of nitrogens with one attached hydrogen (secondary N) is 1. The van der Waals surface area contributed by atoms with E-state index in [0.29, 0.717) is 25.6 Å². The van der Waals surface area contributed by atoms with Gasteiger partial charge in [0.1, 0.15) is 5.76 Å². The highest BCUT2D eigenvalue weighted by molar-refractivity contribution is 5.25. The molecule has 14 heavy (non-hydrogen) atoms. The minimum absolute atomic E-state index is 0.0642. The summed E-state index contributed by atoms with van der Waals surface area (Å²) >= 11 is 0. The summed E-state index contributed by atoms with van der Waals surface area (Å²) in [5.74, 6) is 1.24. The second kappa shape index (κ2) is 6.42. The van der Waals surface area contributed by atoms with Crippen LogP contribution in [0.3, 0.4) is 0 Å². The van der Waals surface area contributed by atoms with Gasteiger partial charge < -0.3 is 25.3 Å². The summed E-state index contributed by atoms with van der Waals surface area (Å²) in [5, 5.41) is 11.5. The van der Waals surface area contributed by atoms with Crippen molar-refractivity contribution in [2.75, 3.05) is 32.1 Å². The Morgan fingerprint density at radius 2 is 2.29 bits per heavy atom. The van der Waals surface area contributed by atoms with Gasteiger partial charge in [0.2, 0.25) is 0 Å². The van der Waals surface area contributed by atoms with Gasteiger partial charge in [-0.1, -0.05) is 0 Å². The normalized spacial score (nSPS) is 10.6. The Balaban J connectivity index is 1.99. The lowest BCUT2D eigenvalue weighted by molar-refractivity contribution is 0.0936. The molecule has 1 aromatic rings. The standard InChI is InChI=1S/C9H16N2O3/c10-9-2-1-8(14-9)7-11-3-5-13-6-4-12/h1-2,11-12H,3-7,10H2. The minimum atomic E-state index is 0.0642. The van der Waals surface area contributed by atoms with E-state index in [1.54, 1.807) is 6.07 Å². The topological polar surface area (TPSA) is 80.7 Å². The molecule has 80 valence electrons. The van der Waals surface area contributed by atoms with E-state index >= 15 is 0 Å². The molecule has 5 nitrogen and oxygen atoms in total. The maximum atomic E-state index is 8.43. The fourth-order valence-corrected chi connectivity index (χ4v) is 1.01. The van der Waals surface area contributed by atoms with E-state index in [1.165, 1.54) is 0 Å². The van der Waals surface area contributed by atoms with Crippen LogP contribution in [0.25, 0.3) is 0 Å². The number of ether oxygens (including phenoxy) is 1. The lowest BCUT2D eigenvalue weighted by Gasteiger charge is -2.03. The van der Waals surface area contributed by atoms with Crippen LogP contribution in [-0.4, -0.2) is 31.5 Å². The lowest BCUT2D eigenvalue weighted by Crippen LogP contribution is -2.19. The first kappa shape index (κ1) is 11.0. The van der Waals surface area contributed by atoms with E-state index in [9.17, 15) is 0 Å². The number of aliphatic hydroxyl groups is 1. The molecular weight excluding hydrogens is 184 g/mol.